The molecule has 0 aliphatic heterocycles. The first-order chi connectivity index (χ1) is 7.16. The summed E-state index contributed by atoms with van der Waals surface area (Å²) in [4.78, 5) is 12.0. The number of hydrogen-bond donors (Lipinski definition) is 0. The Morgan fingerprint density at radius 1 is 1.33 bits per heavy atom. The van der Waals surface area contributed by atoms with Crippen molar-refractivity contribution in [3.8, 4) is 0 Å². The number of allylic oxidation sites excluding steroid dienone is 1. The monoisotopic (exact) mass is 210 g/mol. The highest BCUT2D eigenvalue weighted by Gasteiger charge is 2.50. The normalized spacial score (nSPS) is 38.7. The van der Waals surface area contributed by atoms with Crippen molar-refractivity contribution in [3.63, 3.8) is 0 Å². The molecule has 0 aromatic heterocycles. The van der Waals surface area contributed by atoms with Crippen LogP contribution >= 0.6 is 0 Å². The van der Waals surface area contributed by atoms with Gasteiger partial charge in [-0.3, -0.25) is 4.79 Å². The zero-order chi connectivity index (χ0) is 10.9. The van der Waals surface area contributed by atoms with E-state index in [-0.39, 0.29) is 11.2 Å². The molecule has 0 aromatic rings. The van der Waals surface area contributed by atoms with Gasteiger partial charge in [-0.15, -0.1) is 0 Å². The Labute approximate surface area is 90.4 Å². The molecule has 84 valence electrons. The third kappa shape index (κ3) is 1.64. The van der Waals surface area contributed by atoms with E-state index < -0.39 is 5.60 Å². The Morgan fingerprint density at radius 3 is 2.60 bits per heavy atom. The van der Waals surface area contributed by atoms with E-state index in [1.807, 2.05) is 6.08 Å². The maximum atomic E-state index is 12.0. The van der Waals surface area contributed by atoms with Crippen LogP contribution in [0.3, 0.4) is 0 Å². The summed E-state index contributed by atoms with van der Waals surface area (Å²) in [6.07, 6.45) is 7.53. The van der Waals surface area contributed by atoms with Gasteiger partial charge in [0.25, 0.3) is 0 Å². The average molecular weight is 210 g/mol. The van der Waals surface area contributed by atoms with Crippen molar-refractivity contribution < 1.29 is 14.3 Å². The van der Waals surface area contributed by atoms with Gasteiger partial charge in [0.2, 0.25) is 0 Å². The molecule has 0 radical (unpaired) electrons. The minimum Gasteiger partial charge on any atom is -0.385 e. The van der Waals surface area contributed by atoms with Gasteiger partial charge in [0.15, 0.2) is 5.78 Å². The predicted molar refractivity (Wildman–Crippen MR) is 56.7 cm³/mol. The molecule has 3 heteroatoms. The molecule has 15 heavy (non-hydrogen) atoms. The molecule has 2 bridgehead atoms. The molecule has 0 heterocycles. The Balaban J connectivity index is 2.18. The van der Waals surface area contributed by atoms with Gasteiger partial charge < -0.3 is 9.47 Å². The number of Topliss-reactive ketones (excluding diaryl/α,β-unsaturated/α-hetero) is 1. The molecule has 2 atom stereocenters. The molecule has 3 rings (SSSR count). The first-order valence-electron chi connectivity index (χ1n) is 5.44. The highest BCUT2D eigenvalue weighted by atomic mass is 16.5. The zero-order valence-corrected chi connectivity index (χ0v) is 9.41. The van der Waals surface area contributed by atoms with Crippen LogP contribution in [0.4, 0.5) is 0 Å². The van der Waals surface area contributed by atoms with E-state index in [1.54, 1.807) is 14.2 Å². The molecule has 0 amide bonds. The number of carbonyl (C=O) groups excluding carboxylic acids is 1. The van der Waals surface area contributed by atoms with Crippen LogP contribution in [0.25, 0.3) is 0 Å². The van der Waals surface area contributed by atoms with Crippen LogP contribution in [-0.4, -0.2) is 32.2 Å². The number of ether oxygens (including phenoxy) is 2. The summed E-state index contributed by atoms with van der Waals surface area (Å²) < 4.78 is 10.5. The Kier molecular flexibility index (Phi) is 2.69. The van der Waals surface area contributed by atoms with E-state index in [2.05, 4.69) is 6.08 Å². The fourth-order valence-corrected chi connectivity index (χ4v) is 2.65. The fraction of sp³-hybridized carbons (Fsp3) is 0.750. The number of rotatable bonds is 4. The lowest BCUT2D eigenvalue weighted by Gasteiger charge is -2.46. The zero-order valence-electron chi connectivity index (χ0n) is 9.41. The topological polar surface area (TPSA) is 35.5 Å². The number of fused-ring (bicyclic) bond motifs is 2. The van der Waals surface area contributed by atoms with Crippen LogP contribution in [0, 0.1) is 5.41 Å². The van der Waals surface area contributed by atoms with Crippen molar-refractivity contribution in [1.82, 2.24) is 0 Å². The minimum absolute atomic E-state index is 0.0490. The Bertz CT molecular complexity index is 297. The van der Waals surface area contributed by atoms with Crippen molar-refractivity contribution in [2.45, 2.75) is 31.3 Å². The lowest BCUT2D eigenvalue weighted by molar-refractivity contribution is -0.146. The molecule has 1 saturated carbocycles. The van der Waals surface area contributed by atoms with Gasteiger partial charge >= 0.3 is 0 Å². The first-order valence-corrected chi connectivity index (χ1v) is 5.44. The average Bonchev–Trinajstić information content (AvgIpc) is 2.28. The van der Waals surface area contributed by atoms with E-state index in [4.69, 9.17) is 9.47 Å². The lowest BCUT2D eigenvalue weighted by Crippen LogP contribution is -2.51. The molecule has 0 saturated heterocycles. The number of carbonyl (C=O) groups is 1. The van der Waals surface area contributed by atoms with Gasteiger partial charge in [-0.2, -0.15) is 0 Å². The second-order valence-electron chi connectivity index (χ2n) is 4.63. The lowest BCUT2D eigenvalue weighted by atomic mass is 9.61. The van der Waals surface area contributed by atoms with Crippen molar-refractivity contribution in [2.24, 2.45) is 5.41 Å². The second kappa shape index (κ2) is 3.72. The van der Waals surface area contributed by atoms with Gasteiger partial charge in [0, 0.05) is 27.2 Å². The summed E-state index contributed by atoms with van der Waals surface area (Å²) in [5.74, 6) is 0.231. The van der Waals surface area contributed by atoms with Gasteiger partial charge in [0.05, 0.1) is 0 Å². The molecule has 3 aliphatic carbocycles. The van der Waals surface area contributed by atoms with Crippen molar-refractivity contribution in [3.05, 3.63) is 12.2 Å². The fourth-order valence-electron chi connectivity index (χ4n) is 2.65. The van der Waals surface area contributed by atoms with E-state index >= 15 is 0 Å². The summed E-state index contributed by atoms with van der Waals surface area (Å²) in [6.45, 7) is 0.720. The smallest absolute Gasteiger partial charge is 0.169 e. The van der Waals surface area contributed by atoms with Crippen LogP contribution in [0.5, 0.6) is 0 Å². The summed E-state index contributed by atoms with van der Waals surface area (Å²) in [5, 5.41) is 0. The van der Waals surface area contributed by atoms with Crippen LogP contribution in [-0.2, 0) is 14.3 Å². The second-order valence-corrected chi connectivity index (χ2v) is 4.63. The third-order valence-electron chi connectivity index (χ3n) is 3.85. The summed E-state index contributed by atoms with van der Waals surface area (Å²) in [6, 6.07) is 0. The van der Waals surface area contributed by atoms with Gasteiger partial charge in [-0.25, -0.2) is 0 Å². The largest absolute Gasteiger partial charge is 0.385 e. The number of hydrogen-bond acceptors (Lipinski definition) is 3. The highest BCUT2D eigenvalue weighted by Crippen LogP contribution is 2.48. The number of methoxy groups -OCH3 is 2. The SMILES string of the molecule is COCCC12C=CC(OC)(CC1)C(=O)C2. The molecular weight excluding hydrogens is 192 g/mol. The summed E-state index contributed by atoms with van der Waals surface area (Å²) >= 11 is 0. The molecule has 0 aromatic carbocycles. The molecule has 1 fully saturated rings. The highest BCUT2D eigenvalue weighted by molar-refractivity contribution is 5.92. The maximum absolute atomic E-state index is 12.0. The van der Waals surface area contributed by atoms with Crippen molar-refractivity contribution >= 4 is 5.78 Å². The number of ketones is 1. The summed E-state index contributed by atoms with van der Waals surface area (Å²) in [5.41, 5.74) is -0.553. The third-order valence-corrected chi connectivity index (χ3v) is 3.85. The molecule has 0 N–H and O–H groups in total. The Hall–Kier alpha value is -0.670. The standard InChI is InChI=1S/C12H18O3/c1-14-8-7-11-3-5-12(15-2,6-4-11)10(13)9-11/h3,5H,4,6-9H2,1-2H3. The minimum atomic E-state index is -0.602. The summed E-state index contributed by atoms with van der Waals surface area (Å²) in [7, 11) is 3.32. The predicted octanol–water partition coefficient (Wildman–Crippen LogP) is 1.72. The van der Waals surface area contributed by atoms with Crippen LogP contribution in [0.1, 0.15) is 25.7 Å². The van der Waals surface area contributed by atoms with Crippen molar-refractivity contribution in [1.29, 1.82) is 0 Å². The van der Waals surface area contributed by atoms with E-state index in [1.165, 1.54) is 0 Å². The maximum Gasteiger partial charge on any atom is 0.169 e. The van der Waals surface area contributed by atoms with Crippen molar-refractivity contribution in [2.75, 3.05) is 20.8 Å². The molecule has 3 aliphatic rings. The van der Waals surface area contributed by atoms with E-state index in [9.17, 15) is 4.79 Å². The molecular formula is C12H18O3. The van der Waals surface area contributed by atoms with Gasteiger partial charge in [-0.05, 0) is 30.8 Å². The van der Waals surface area contributed by atoms with E-state index in [0.29, 0.717) is 6.42 Å². The molecule has 3 nitrogen and oxygen atoms in total. The van der Waals surface area contributed by atoms with Crippen LogP contribution in [0.15, 0.2) is 12.2 Å². The molecule has 0 spiro atoms. The molecule has 2 unspecified atom stereocenters. The van der Waals surface area contributed by atoms with E-state index in [0.717, 1.165) is 25.9 Å². The first kappa shape index (κ1) is 10.8. The Morgan fingerprint density at radius 2 is 2.13 bits per heavy atom. The van der Waals surface area contributed by atoms with Crippen LogP contribution in [0.2, 0.25) is 0 Å². The van der Waals surface area contributed by atoms with Crippen LogP contribution < -0.4 is 0 Å². The van der Waals surface area contributed by atoms with Gasteiger partial charge in [0.1, 0.15) is 5.60 Å². The quantitative estimate of drug-likeness (QED) is 0.663. The van der Waals surface area contributed by atoms with Gasteiger partial charge in [-0.1, -0.05) is 6.08 Å².